The van der Waals surface area contributed by atoms with Crippen LogP contribution in [0.15, 0.2) is 54.6 Å². The van der Waals surface area contributed by atoms with E-state index in [0.717, 1.165) is 19.6 Å². The maximum Gasteiger partial charge on any atom is 0.237 e. The first-order valence-corrected chi connectivity index (χ1v) is 9.41. The Morgan fingerprint density at radius 3 is 2.52 bits per heavy atom. The monoisotopic (exact) mass is 334 g/mol. The molecule has 25 heavy (non-hydrogen) atoms. The summed E-state index contributed by atoms with van der Waals surface area (Å²) in [5, 5.41) is 0. The van der Waals surface area contributed by atoms with Gasteiger partial charge in [0.1, 0.15) is 0 Å². The fraction of sp³-hybridized carbons (Fsp3) is 0.409. The van der Waals surface area contributed by atoms with Crippen molar-refractivity contribution in [2.75, 3.05) is 19.6 Å². The lowest BCUT2D eigenvalue weighted by Crippen LogP contribution is -2.44. The number of benzene rings is 2. The van der Waals surface area contributed by atoms with Crippen LogP contribution >= 0.6 is 0 Å². The van der Waals surface area contributed by atoms with Crippen LogP contribution < -0.4 is 0 Å². The zero-order valence-corrected chi connectivity index (χ0v) is 14.9. The third-order valence-electron chi connectivity index (χ3n) is 5.56. The summed E-state index contributed by atoms with van der Waals surface area (Å²) in [5.74, 6) is 0.537. The van der Waals surface area contributed by atoms with E-state index in [1.165, 1.54) is 29.5 Å². The standard InChI is InChI=1S/C22H26N2O/c1-2-23(19-12-13-19)16-22(25)24-14-18-10-6-7-11-20(18)21(15-24)17-8-4-3-5-9-17/h3-11,19,21H,2,12-16H2,1H3/t21-/m1/s1. The van der Waals surface area contributed by atoms with Crippen LogP contribution in [0.1, 0.15) is 42.4 Å². The Bertz CT molecular complexity index is 739. The predicted molar refractivity (Wildman–Crippen MR) is 100 cm³/mol. The van der Waals surface area contributed by atoms with Gasteiger partial charge in [0.15, 0.2) is 0 Å². The number of rotatable bonds is 5. The van der Waals surface area contributed by atoms with Crippen LogP contribution in [0.2, 0.25) is 0 Å². The molecule has 0 aromatic heterocycles. The van der Waals surface area contributed by atoms with Crippen LogP contribution in [0, 0.1) is 0 Å². The van der Waals surface area contributed by atoms with Crippen molar-refractivity contribution in [3.8, 4) is 0 Å². The summed E-state index contributed by atoms with van der Waals surface area (Å²) >= 11 is 0. The fourth-order valence-electron chi connectivity index (χ4n) is 3.98. The Hall–Kier alpha value is -2.13. The molecule has 1 fully saturated rings. The molecule has 2 aromatic carbocycles. The molecule has 1 aliphatic carbocycles. The second kappa shape index (κ2) is 7.01. The SMILES string of the molecule is CCN(CC(=O)N1Cc2ccccc2[C@@H](c2ccccc2)C1)C1CC1. The van der Waals surface area contributed by atoms with Crippen molar-refractivity contribution < 1.29 is 4.79 Å². The molecule has 4 rings (SSSR count). The molecule has 2 aromatic rings. The van der Waals surface area contributed by atoms with Gasteiger partial charge in [0.2, 0.25) is 5.91 Å². The normalized spacial score (nSPS) is 19.8. The number of likely N-dealkylation sites (N-methyl/N-ethyl adjacent to an activating group) is 1. The smallest absolute Gasteiger partial charge is 0.237 e. The number of fused-ring (bicyclic) bond motifs is 1. The largest absolute Gasteiger partial charge is 0.336 e. The molecule has 0 unspecified atom stereocenters. The lowest BCUT2D eigenvalue weighted by atomic mass is 9.84. The highest BCUT2D eigenvalue weighted by Gasteiger charge is 2.33. The van der Waals surface area contributed by atoms with Gasteiger partial charge >= 0.3 is 0 Å². The van der Waals surface area contributed by atoms with Crippen LogP contribution in [0.4, 0.5) is 0 Å². The average Bonchev–Trinajstić information content (AvgIpc) is 3.51. The van der Waals surface area contributed by atoms with Gasteiger partial charge in [-0.15, -0.1) is 0 Å². The minimum atomic E-state index is 0.268. The number of carbonyl (C=O) groups excluding carboxylic acids is 1. The molecular formula is C22H26N2O. The summed E-state index contributed by atoms with van der Waals surface area (Å²) in [4.78, 5) is 17.4. The van der Waals surface area contributed by atoms with Gasteiger partial charge in [-0.1, -0.05) is 61.5 Å². The van der Waals surface area contributed by atoms with E-state index >= 15 is 0 Å². The number of hydrogen-bond donors (Lipinski definition) is 0. The molecule has 0 N–H and O–H groups in total. The van der Waals surface area contributed by atoms with Gasteiger partial charge < -0.3 is 4.90 Å². The first kappa shape index (κ1) is 16.3. The predicted octanol–water partition coefficient (Wildman–Crippen LogP) is 3.65. The van der Waals surface area contributed by atoms with Gasteiger partial charge in [-0.05, 0) is 36.1 Å². The highest BCUT2D eigenvalue weighted by Crippen LogP contribution is 2.34. The number of hydrogen-bond acceptors (Lipinski definition) is 2. The minimum absolute atomic E-state index is 0.268. The van der Waals surface area contributed by atoms with Crippen LogP contribution in [0.25, 0.3) is 0 Å². The Morgan fingerprint density at radius 2 is 1.80 bits per heavy atom. The maximum atomic E-state index is 13.0. The molecule has 130 valence electrons. The summed E-state index contributed by atoms with van der Waals surface area (Å²) < 4.78 is 0. The molecule has 3 heteroatoms. The molecule has 2 aliphatic rings. The Labute approximate surface area is 150 Å². The lowest BCUT2D eigenvalue weighted by molar-refractivity contribution is -0.133. The van der Waals surface area contributed by atoms with E-state index < -0.39 is 0 Å². The van der Waals surface area contributed by atoms with Crippen molar-refractivity contribution in [2.24, 2.45) is 0 Å². The van der Waals surface area contributed by atoms with Crippen molar-refractivity contribution in [3.63, 3.8) is 0 Å². The maximum absolute atomic E-state index is 13.0. The number of carbonyl (C=O) groups is 1. The lowest BCUT2D eigenvalue weighted by Gasteiger charge is -2.36. The molecule has 3 nitrogen and oxygen atoms in total. The van der Waals surface area contributed by atoms with Gasteiger partial charge in [-0.25, -0.2) is 0 Å². The summed E-state index contributed by atoms with van der Waals surface area (Å²) in [5.41, 5.74) is 3.94. The molecule has 1 saturated carbocycles. The van der Waals surface area contributed by atoms with E-state index in [-0.39, 0.29) is 11.8 Å². The highest BCUT2D eigenvalue weighted by atomic mass is 16.2. The fourth-order valence-corrected chi connectivity index (χ4v) is 3.98. The van der Waals surface area contributed by atoms with Crippen LogP contribution in [-0.4, -0.2) is 41.4 Å². The summed E-state index contributed by atoms with van der Waals surface area (Å²) in [6.45, 7) is 5.19. The van der Waals surface area contributed by atoms with Crippen molar-refractivity contribution in [1.29, 1.82) is 0 Å². The molecule has 0 saturated heterocycles. The van der Waals surface area contributed by atoms with Crippen LogP contribution in [-0.2, 0) is 11.3 Å². The second-order valence-corrected chi connectivity index (χ2v) is 7.23. The van der Waals surface area contributed by atoms with E-state index in [9.17, 15) is 4.79 Å². The second-order valence-electron chi connectivity index (χ2n) is 7.23. The van der Waals surface area contributed by atoms with E-state index in [4.69, 9.17) is 0 Å². The molecule has 0 radical (unpaired) electrons. The summed E-state index contributed by atoms with van der Waals surface area (Å²) in [6, 6.07) is 19.8. The van der Waals surface area contributed by atoms with Crippen molar-refractivity contribution in [1.82, 2.24) is 9.80 Å². The topological polar surface area (TPSA) is 23.6 Å². The van der Waals surface area contributed by atoms with Crippen molar-refractivity contribution in [3.05, 3.63) is 71.3 Å². The third-order valence-corrected chi connectivity index (χ3v) is 5.56. The van der Waals surface area contributed by atoms with Gasteiger partial charge in [0, 0.05) is 25.0 Å². The van der Waals surface area contributed by atoms with Gasteiger partial charge in [0.05, 0.1) is 6.54 Å². The zero-order chi connectivity index (χ0) is 17.2. The molecule has 0 bridgehead atoms. The highest BCUT2D eigenvalue weighted by molar-refractivity contribution is 5.79. The Kier molecular flexibility index (Phi) is 4.58. The molecule has 0 spiro atoms. The Balaban J connectivity index is 1.58. The molecule has 1 atom stereocenters. The van der Waals surface area contributed by atoms with Crippen LogP contribution in [0.3, 0.4) is 0 Å². The third kappa shape index (κ3) is 3.47. The van der Waals surface area contributed by atoms with Gasteiger partial charge in [0.25, 0.3) is 0 Å². The van der Waals surface area contributed by atoms with E-state index in [2.05, 4.69) is 71.3 Å². The number of nitrogens with zero attached hydrogens (tertiary/aromatic N) is 2. The van der Waals surface area contributed by atoms with E-state index in [0.29, 0.717) is 12.6 Å². The molecule has 1 amide bonds. The van der Waals surface area contributed by atoms with Gasteiger partial charge in [-0.2, -0.15) is 0 Å². The first-order chi connectivity index (χ1) is 12.3. The summed E-state index contributed by atoms with van der Waals surface area (Å²) in [7, 11) is 0. The Morgan fingerprint density at radius 1 is 1.08 bits per heavy atom. The molecular weight excluding hydrogens is 308 g/mol. The van der Waals surface area contributed by atoms with Crippen molar-refractivity contribution in [2.45, 2.75) is 38.3 Å². The first-order valence-electron chi connectivity index (χ1n) is 9.41. The van der Waals surface area contributed by atoms with E-state index in [1.54, 1.807) is 0 Å². The molecule has 1 aliphatic heterocycles. The minimum Gasteiger partial charge on any atom is -0.336 e. The zero-order valence-electron chi connectivity index (χ0n) is 14.9. The quantitative estimate of drug-likeness (QED) is 0.833. The average molecular weight is 334 g/mol. The molecule has 1 heterocycles. The number of amides is 1. The van der Waals surface area contributed by atoms with Gasteiger partial charge in [-0.3, -0.25) is 9.69 Å². The van der Waals surface area contributed by atoms with E-state index in [1.807, 2.05) is 0 Å². The van der Waals surface area contributed by atoms with Crippen LogP contribution in [0.5, 0.6) is 0 Å². The van der Waals surface area contributed by atoms with Crippen molar-refractivity contribution >= 4 is 5.91 Å². The summed E-state index contributed by atoms with van der Waals surface area (Å²) in [6.07, 6.45) is 2.49.